The molecule has 1 aliphatic rings. The van der Waals surface area contributed by atoms with E-state index >= 15 is 0 Å². The number of hydrogen-bond acceptors (Lipinski definition) is 3. The average Bonchev–Trinajstić information content (AvgIpc) is 2.64. The van der Waals surface area contributed by atoms with Crippen molar-refractivity contribution in [2.75, 3.05) is 25.0 Å². The molecule has 0 spiro atoms. The van der Waals surface area contributed by atoms with Crippen molar-refractivity contribution in [3.63, 3.8) is 0 Å². The van der Waals surface area contributed by atoms with Crippen molar-refractivity contribution in [3.05, 3.63) is 60.2 Å². The third-order valence-electron chi connectivity index (χ3n) is 4.81. The monoisotopic (exact) mass is 369 g/mol. The second-order valence-corrected chi connectivity index (χ2v) is 7.09. The minimum Gasteiger partial charge on any atom is -0.492 e. The molecule has 0 aromatic heterocycles. The molecule has 0 bridgehead atoms. The molecule has 5 nitrogen and oxygen atoms in total. The highest BCUT2D eigenvalue weighted by Crippen LogP contribution is 2.25. The van der Waals surface area contributed by atoms with Crippen LogP contribution in [0.5, 0.6) is 5.75 Å². The molecule has 0 saturated carbocycles. The Kier molecular flexibility index (Phi) is 6.48. The van der Waals surface area contributed by atoms with E-state index in [9.17, 15) is 4.79 Å². The van der Waals surface area contributed by atoms with Gasteiger partial charge in [0.05, 0.1) is 12.3 Å². The molecule has 3 atom stereocenters. The van der Waals surface area contributed by atoms with Gasteiger partial charge in [-0.1, -0.05) is 42.5 Å². The summed E-state index contributed by atoms with van der Waals surface area (Å²) in [6, 6.07) is 17.3. The van der Waals surface area contributed by atoms with Gasteiger partial charge in [-0.2, -0.15) is 0 Å². The molecule has 27 heavy (non-hydrogen) atoms. The fourth-order valence-electron chi connectivity index (χ4n) is 3.82. The first kappa shape index (κ1) is 19.4. The first-order valence-corrected chi connectivity index (χ1v) is 9.66. The maximum atomic E-state index is 13.4. The van der Waals surface area contributed by atoms with Crippen LogP contribution in [0.1, 0.15) is 32.4 Å². The molecule has 0 unspecified atom stereocenters. The maximum absolute atomic E-state index is 13.4. The Hall–Kier alpha value is -2.37. The van der Waals surface area contributed by atoms with E-state index in [2.05, 4.69) is 19.2 Å². The third-order valence-corrected chi connectivity index (χ3v) is 4.81. The van der Waals surface area contributed by atoms with Gasteiger partial charge in [0.2, 0.25) is 0 Å². The van der Waals surface area contributed by atoms with E-state index in [1.807, 2.05) is 61.5 Å². The number of rotatable bonds is 6. The molecule has 3 rings (SSSR count). The van der Waals surface area contributed by atoms with Gasteiger partial charge in [-0.3, -0.25) is 4.79 Å². The number of nitrogens with one attached hydrogen (secondary N) is 2. The minimum absolute atomic E-state index is 0.0235. The molecule has 2 aromatic rings. The van der Waals surface area contributed by atoms with Crippen LogP contribution in [0.4, 0.5) is 5.69 Å². The summed E-state index contributed by atoms with van der Waals surface area (Å²) in [7, 11) is 0. The number of morpholine rings is 1. The predicted molar refractivity (Wildman–Crippen MR) is 106 cm³/mol. The smallest absolute Gasteiger partial charge is 0.287 e. The molecule has 5 heteroatoms. The van der Waals surface area contributed by atoms with Crippen molar-refractivity contribution >= 4 is 11.6 Å². The van der Waals surface area contributed by atoms with Gasteiger partial charge in [0.15, 0.2) is 6.04 Å². The Morgan fingerprint density at radius 1 is 1.11 bits per heavy atom. The van der Waals surface area contributed by atoms with E-state index in [1.165, 1.54) is 4.90 Å². The van der Waals surface area contributed by atoms with E-state index in [0.717, 1.165) is 18.7 Å². The highest BCUT2D eigenvalue weighted by Gasteiger charge is 2.37. The molecule has 2 aromatic carbocycles. The summed E-state index contributed by atoms with van der Waals surface area (Å²) < 4.78 is 11.5. The van der Waals surface area contributed by atoms with Gasteiger partial charge in [-0.25, -0.2) is 0 Å². The lowest BCUT2D eigenvalue weighted by molar-refractivity contribution is -0.935. The predicted octanol–water partition coefficient (Wildman–Crippen LogP) is 2.46. The summed E-state index contributed by atoms with van der Waals surface area (Å²) in [5, 5.41) is 3.10. The minimum atomic E-state index is -0.297. The zero-order valence-electron chi connectivity index (χ0n) is 16.3. The molecule has 1 amide bonds. The van der Waals surface area contributed by atoms with Crippen molar-refractivity contribution < 1.29 is 19.2 Å². The number of hydrogen-bond donors (Lipinski definition) is 2. The summed E-state index contributed by atoms with van der Waals surface area (Å²) >= 11 is 0. The fraction of sp³-hybridized carbons (Fsp3) is 0.409. The first-order chi connectivity index (χ1) is 13.1. The SMILES string of the molecule is CCOc1ccccc1NC(=O)[C@@H](c1ccccc1)[NH+]1C[C@@H](C)O[C@H](C)C1. The van der Waals surface area contributed by atoms with Crippen molar-refractivity contribution in [1.82, 2.24) is 0 Å². The van der Waals surface area contributed by atoms with Gasteiger partial charge < -0.3 is 19.7 Å². The second kappa shape index (κ2) is 9.02. The topological polar surface area (TPSA) is 52.0 Å². The number of quaternary nitrogens is 1. The Morgan fingerprint density at radius 3 is 2.41 bits per heavy atom. The van der Waals surface area contributed by atoms with Crippen LogP contribution in [0.2, 0.25) is 0 Å². The van der Waals surface area contributed by atoms with Gasteiger partial charge in [0, 0.05) is 5.56 Å². The van der Waals surface area contributed by atoms with Crippen molar-refractivity contribution in [1.29, 1.82) is 0 Å². The Labute approximate surface area is 161 Å². The van der Waals surface area contributed by atoms with Crippen LogP contribution in [0.25, 0.3) is 0 Å². The van der Waals surface area contributed by atoms with E-state index in [1.54, 1.807) is 0 Å². The highest BCUT2D eigenvalue weighted by molar-refractivity contribution is 5.95. The van der Waals surface area contributed by atoms with Gasteiger partial charge in [0.1, 0.15) is 31.0 Å². The lowest BCUT2D eigenvalue weighted by atomic mass is 10.0. The molecule has 1 fully saturated rings. The molecule has 0 radical (unpaired) electrons. The summed E-state index contributed by atoms with van der Waals surface area (Å²) in [6.07, 6.45) is 0.247. The second-order valence-electron chi connectivity index (χ2n) is 7.09. The normalized spacial score (nSPS) is 23.4. The van der Waals surface area contributed by atoms with Crippen molar-refractivity contribution in [2.45, 2.75) is 39.0 Å². The van der Waals surface area contributed by atoms with E-state index in [-0.39, 0.29) is 24.2 Å². The quantitative estimate of drug-likeness (QED) is 0.822. The van der Waals surface area contributed by atoms with Crippen LogP contribution in [-0.4, -0.2) is 37.8 Å². The van der Waals surface area contributed by atoms with E-state index in [0.29, 0.717) is 18.0 Å². The van der Waals surface area contributed by atoms with E-state index < -0.39 is 0 Å². The summed E-state index contributed by atoms with van der Waals surface area (Å²) in [5.41, 5.74) is 1.72. The van der Waals surface area contributed by atoms with Crippen LogP contribution >= 0.6 is 0 Å². The number of amides is 1. The standard InChI is InChI=1S/C22H28N2O3/c1-4-26-20-13-9-8-12-19(20)23-22(25)21(18-10-6-5-7-11-18)24-14-16(2)27-17(3)15-24/h5-13,16-17,21H,4,14-15H2,1-3H3,(H,23,25)/p+1/t16-,17-,21-/m1/s1. The molecule has 1 saturated heterocycles. The zero-order valence-corrected chi connectivity index (χ0v) is 16.3. The Balaban J connectivity index is 1.88. The molecular formula is C22H29N2O3+. The number of carbonyl (C=O) groups excluding carboxylic acids is 1. The van der Waals surface area contributed by atoms with Crippen molar-refractivity contribution in [2.24, 2.45) is 0 Å². The summed E-state index contributed by atoms with van der Waals surface area (Å²) in [6.45, 7) is 8.22. The van der Waals surface area contributed by atoms with Gasteiger partial charge in [-0.15, -0.1) is 0 Å². The summed E-state index contributed by atoms with van der Waals surface area (Å²) in [4.78, 5) is 14.6. The van der Waals surface area contributed by atoms with Crippen LogP contribution in [-0.2, 0) is 9.53 Å². The third kappa shape index (κ3) is 4.87. The maximum Gasteiger partial charge on any atom is 0.287 e. The van der Waals surface area contributed by atoms with E-state index in [4.69, 9.17) is 9.47 Å². The number of anilines is 1. The fourth-order valence-corrected chi connectivity index (χ4v) is 3.82. The molecule has 144 valence electrons. The lowest BCUT2D eigenvalue weighted by Crippen LogP contribution is -3.16. The lowest BCUT2D eigenvalue weighted by Gasteiger charge is -2.36. The number of ether oxygens (including phenoxy) is 2. The Morgan fingerprint density at radius 2 is 1.74 bits per heavy atom. The Bertz CT molecular complexity index is 740. The van der Waals surface area contributed by atoms with Gasteiger partial charge in [0.25, 0.3) is 5.91 Å². The molecular weight excluding hydrogens is 340 g/mol. The average molecular weight is 369 g/mol. The molecule has 2 N–H and O–H groups in total. The van der Waals surface area contributed by atoms with Gasteiger partial charge in [-0.05, 0) is 32.9 Å². The largest absolute Gasteiger partial charge is 0.492 e. The number of carbonyl (C=O) groups is 1. The zero-order chi connectivity index (χ0) is 19.2. The molecule has 1 heterocycles. The van der Waals surface area contributed by atoms with Crippen LogP contribution in [0.3, 0.4) is 0 Å². The number of para-hydroxylation sites is 2. The van der Waals surface area contributed by atoms with Crippen LogP contribution < -0.4 is 15.0 Å². The first-order valence-electron chi connectivity index (χ1n) is 9.66. The highest BCUT2D eigenvalue weighted by atomic mass is 16.5. The van der Waals surface area contributed by atoms with Crippen LogP contribution in [0, 0.1) is 0 Å². The van der Waals surface area contributed by atoms with Crippen LogP contribution in [0.15, 0.2) is 54.6 Å². The molecule has 0 aliphatic carbocycles. The van der Waals surface area contributed by atoms with Gasteiger partial charge >= 0.3 is 0 Å². The number of benzene rings is 2. The molecule has 1 aliphatic heterocycles. The van der Waals surface area contributed by atoms with Crippen molar-refractivity contribution in [3.8, 4) is 5.75 Å². The summed E-state index contributed by atoms with van der Waals surface area (Å²) in [5.74, 6) is 0.670.